The molecule has 0 fully saturated rings. The van der Waals surface area contributed by atoms with E-state index >= 15 is 0 Å². The van der Waals surface area contributed by atoms with E-state index in [4.69, 9.17) is 9.84 Å². The van der Waals surface area contributed by atoms with Crippen molar-refractivity contribution in [2.75, 3.05) is 18.5 Å². The summed E-state index contributed by atoms with van der Waals surface area (Å²) in [6.07, 6.45) is 0.975. The predicted octanol–water partition coefficient (Wildman–Crippen LogP) is 2.82. The molecular weight excluding hydrogens is 288 g/mol. The second-order valence-electron chi connectivity index (χ2n) is 4.49. The summed E-state index contributed by atoms with van der Waals surface area (Å²) in [4.78, 5) is 14.8. The van der Waals surface area contributed by atoms with Gasteiger partial charge >= 0.3 is 5.97 Å². The number of ether oxygens (including phenoxy) is 1. The number of rotatable bonds is 8. The van der Waals surface area contributed by atoms with Crippen LogP contribution in [0.3, 0.4) is 0 Å². The number of anilines is 1. The largest absolute Gasteiger partial charge is 0.492 e. The minimum Gasteiger partial charge on any atom is -0.492 e. The molecule has 0 bridgehead atoms. The van der Waals surface area contributed by atoms with Crippen LogP contribution in [-0.4, -0.2) is 29.2 Å². The zero-order valence-electron chi connectivity index (χ0n) is 11.8. The van der Waals surface area contributed by atoms with Crippen LogP contribution in [0, 0.1) is 0 Å². The van der Waals surface area contributed by atoms with Crippen LogP contribution in [0.15, 0.2) is 29.6 Å². The summed E-state index contributed by atoms with van der Waals surface area (Å²) < 4.78 is 5.62. The number of carboxylic acids is 1. The average Bonchev–Trinajstić information content (AvgIpc) is 2.91. The molecule has 1 aromatic carbocycles. The Morgan fingerprint density at radius 2 is 2.14 bits per heavy atom. The van der Waals surface area contributed by atoms with Gasteiger partial charge in [-0.2, -0.15) is 0 Å². The van der Waals surface area contributed by atoms with Gasteiger partial charge in [0.25, 0.3) is 0 Å². The van der Waals surface area contributed by atoms with Crippen LogP contribution in [-0.2, 0) is 17.6 Å². The summed E-state index contributed by atoms with van der Waals surface area (Å²) in [5, 5.41) is 14.3. The summed E-state index contributed by atoms with van der Waals surface area (Å²) in [6, 6.07) is 8.05. The van der Waals surface area contributed by atoms with Crippen LogP contribution in [0.5, 0.6) is 5.75 Å². The summed E-state index contributed by atoms with van der Waals surface area (Å²) in [7, 11) is 0. The van der Waals surface area contributed by atoms with Crippen molar-refractivity contribution in [3.05, 3.63) is 40.9 Å². The first-order valence-electron chi connectivity index (χ1n) is 6.79. The molecule has 0 unspecified atom stereocenters. The Bertz CT molecular complexity index is 581. The highest BCUT2D eigenvalue weighted by Gasteiger charge is 2.05. The molecule has 0 aliphatic rings. The van der Waals surface area contributed by atoms with Crippen molar-refractivity contribution in [1.29, 1.82) is 0 Å². The third-order valence-corrected chi connectivity index (χ3v) is 3.71. The fraction of sp³-hybridized carbons (Fsp3) is 0.333. The van der Waals surface area contributed by atoms with Gasteiger partial charge in [0.05, 0.1) is 18.7 Å². The van der Waals surface area contributed by atoms with Crippen molar-refractivity contribution < 1.29 is 14.6 Å². The van der Waals surface area contributed by atoms with E-state index in [2.05, 4.69) is 29.4 Å². The number of carboxylic acid groups (broad SMARTS) is 1. The van der Waals surface area contributed by atoms with Crippen LogP contribution in [0.1, 0.15) is 18.2 Å². The lowest BCUT2D eigenvalue weighted by Gasteiger charge is -2.07. The minimum absolute atomic E-state index is 0.0432. The fourth-order valence-electron chi connectivity index (χ4n) is 1.77. The second-order valence-corrected chi connectivity index (χ2v) is 5.35. The number of nitrogens with one attached hydrogen (secondary N) is 1. The van der Waals surface area contributed by atoms with E-state index in [0.29, 0.717) is 18.8 Å². The van der Waals surface area contributed by atoms with Gasteiger partial charge in [0, 0.05) is 5.38 Å². The topological polar surface area (TPSA) is 71.5 Å². The molecule has 0 saturated heterocycles. The van der Waals surface area contributed by atoms with Gasteiger partial charge < -0.3 is 15.2 Å². The highest BCUT2D eigenvalue weighted by atomic mass is 32.1. The van der Waals surface area contributed by atoms with E-state index < -0.39 is 5.97 Å². The molecule has 2 N–H and O–H groups in total. The van der Waals surface area contributed by atoms with Gasteiger partial charge in [-0.15, -0.1) is 11.3 Å². The Balaban J connectivity index is 1.71. The molecule has 1 aromatic heterocycles. The zero-order valence-corrected chi connectivity index (χ0v) is 12.7. The van der Waals surface area contributed by atoms with E-state index in [-0.39, 0.29) is 6.42 Å². The van der Waals surface area contributed by atoms with E-state index in [1.165, 1.54) is 16.9 Å². The first-order valence-corrected chi connectivity index (χ1v) is 7.67. The number of thiazole rings is 1. The molecule has 6 heteroatoms. The monoisotopic (exact) mass is 306 g/mol. The second kappa shape index (κ2) is 7.64. The molecule has 112 valence electrons. The smallest absolute Gasteiger partial charge is 0.309 e. The Morgan fingerprint density at radius 1 is 1.38 bits per heavy atom. The van der Waals surface area contributed by atoms with Crippen molar-refractivity contribution in [1.82, 2.24) is 4.98 Å². The van der Waals surface area contributed by atoms with Gasteiger partial charge in [0.2, 0.25) is 0 Å². The normalized spacial score (nSPS) is 10.3. The Kier molecular flexibility index (Phi) is 5.57. The summed E-state index contributed by atoms with van der Waals surface area (Å²) in [6.45, 7) is 3.27. The van der Waals surface area contributed by atoms with Crippen LogP contribution in [0.2, 0.25) is 0 Å². The lowest BCUT2D eigenvalue weighted by molar-refractivity contribution is -0.136. The molecule has 5 nitrogen and oxygen atoms in total. The molecule has 2 aromatic rings. The van der Waals surface area contributed by atoms with Crippen molar-refractivity contribution in [3.8, 4) is 5.75 Å². The molecule has 2 rings (SSSR count). The summed E-state index contributed by atoms with van der Waals surface area (Å²) in [5.41, 5.74) is 1.86. The van der Waals surface area contributed by atoms with E-state index in [9.17, 15) is 4.79 Å². The van der Waals surface area contributed by atoms with Crippen molar-refractivity contribution in [3.63, 3.8) is 0 Å². The molecule has 0 radical (unpaired) electrons. The van der Waals surface area contributed by atoms with Gasteiger partial charge in [-0.05, 0) is 24.1 Å². The number of nitrogens with zero attached hydrogens (tertiary/aromatic N) is 1. The number of aromatic nitrogens is 1. The zero-order chi connectivity index (χ0) is 15.1. The van der Waals surface area contributed by atoms with Gasteiger partial charge in [0.15, 0.2) is 5.13 Å². The summed E-state index contributed by atoms with van der Waals surface area (Å²) in [5.74, 6) is -0.0228. The highest BCUT2D eigenvalue weighted by molar-refractivity contribution is 7.13. The van der Waals surface area contributed by atoms with Crippen LogP contribution < -0.4 is 10.1 Å². The van der Waals surface area contributed by atoms with Gasteiger partial charge in [0.1, 0.15) is 12.4 Å². The molecule has 0 aliphatic carbocycles. The molecule has 21 heavy (non-hydrogen) atoms. The maximum absolute atomic E-state index is 10.6. The van der Waals surface area contributed by atoms with E-state index in [1.54, 1.807) is 5.38 Å². The average molecular weight is 306 g/mol. The molecule has 0 amide bonds. The standard InChI is InChI=1S/C15H18N2O3S/c1-2-11-3-5-13(6-4-11)20-8-7-16-15-17-12(10-21-15)9-14(18)19/h3-6,10H,2,7-9H2,1H3,(H,16,17)(H,18,19). The number of aryl methyl sites for hydroxylation is 1. The quantitative estimate of drug-likeness (QED) is 0.734. The number of aliphatic carboxylic acids is 1. The lowest BCUT2D eigenvalue weighted by Crippen LogP contribution is -2.11. The Morgan fingerprint density at radius 3 is 2.81 bits per heavy atom. The van der Waals surface area contributed by atoms with Gasteiger partial charge in [-0.3, -0.25) is 4.79 Å². The fourth-order valence-corrected chi connectivity index (χ4v) is 2.51. The van der Waals surface area contributed by atoms with Gasteiger partial charge in [-0.25, -0.2) is 4.98 Å². The van der Waals surface area contributed by atoms with Crippen LogP contribution >= 0.6 is 11.3 Å². The molecule has 0 spiro atoms. The van der Waals surface area contributed by atoms with Crippen LogP contribution in [0.4, 0.5) is 5.13 Å². The molecule has 0 atom stereocenters. The predicted molar refractivity (Wildman–Crippen MR) is 83.3 cm³/mol. The van der Waals surface area contributed by atoms with E-state index in [1.807, 2.05) is 12.1 Å². The van der Waals surface area contributed by atoms with Crippen molar-refractivity contribution in [2.45, 2.75) is 19.8 Å². The van der Waals surface area contributed by atoms with Gasteiger partial charge in [-0.1, -0.05) is 19.1 Å². The maximum atomic E-state index is 10.6. The molecular formula is C15H18N2O3S. The number of benzene rings is 1. The third kappa shape index (κ3) is 5.07. The Labute approximate surface area is 127 Å². The summed E-state index contributed by atoms with van der Waals surface area (Å²) >= 11 is 1.40. The van der Waals surface area contributed by atoms with E-state index in [0.717, 1.165) is 17.3 Å². The SMILES string of the molecule is CCc1ccc(OCCNc2nc(CC(=O)O)cs2)cc1. The lowest BCUT2D eigenvalue weighted by atomic mass is 10.2. The third-order valence-electron chi connectivity index (χ3n) is 2.86. The van der Waals surface area contributed by atoms with Crippen LogP contribution in [0.25, 0.3) is 0 Å². The first kappa shape index (κ1) is 15.3. The number of carbonyl (C=O) groups is 1. The maximum Gasteiger partial charge on any atom is 0.309 e. The van der Waals surface area contributed by atoms with Crippen molar-refractivity contribution in [2.24, 2.45) is 0 Å². The molecule has 0 saturated carbocycles. The highest BCUT2D eigenvalue weighted by Crippen LogP contribution is 2.16. The number of hydrogen-bond donors (Lipinski definition) is 2. The minimum atomic E-state index is -0.870. The molecule has 1 heterocycles. The Hall–Kier alpha value is -2.08. The molecule has 0 aliphatic heterocycles. The first-order chi connectivity index (χ1) is 10.2. The van der Waals surface area contributed by atoms with Crippen molar-refractivity contribution >= 4 is 22.4 Å². The number of hydrogen-bond acceptors (Lipinski definition) is 5.